The first-order valence-corrected chi connectivity index (χ1v) is 7.50. The first-order valence-electron chi connectivity index (χ1n) is 6.71. The zero-order valence-corrected chi connectivity index (χ0v) is 12.9. The van der Waals surface area contributed by atoms with Crippen LogP contribution in [-0.4, -0.2) is 4.98 Å². The second kappa shape index (κ2) is 6.33. The van der Waals surface area contributed by atoms with E-state index in [9.17, 15) is 4.39 Å². The van der Waals surface area contributed by atoms with E-state index in [1.165, 1.54) is 12.1 Å². The largest absolute Gasteiger partial charge is 0.308 e. The second-order valence-electron chi connectivity index (χ2n) is 4.83. The minimum atomic E-state index is -0.233. The zero-order chi connectivity index (χ0) is 14.7. The molecule has 21 heavy (non-hydrogen) atoms. The van der Waals surface area contributed by atoms with Crippen molar-refractivity contribution in [3.63, 3.8) is 0 Å². The number of halogens is 2. The predicted octanol–water partition coefficient (Wildman–Crippen LogP) is 4.43. The number of hydrogen-bond acceptors (Lipinski definition) is 2. The molecule has 0 aliphatic carbocycles. The molecule has 1 heterocycles. The maximum absolute atomic E-state index is 13.1. The van der Waals surface area contributed by atoms with Crippen molar-refractivity contribution in [3.05, 3.63) is 76.1 Å². The summed E-state index contributed by atoms with van der Waals surface area (Å²) in [5.74, 6) is -0.233. The molecule has 0 amide bonds. The number of benzene rings is 2. The van der Waals surface area contributed by atoms with Crippen LogP contribution in [0.2, 0.25) is 0 Å². The number of nitrogens with zero attached hydrogens (tertiary/aromatic N) is 1. The van der Waals surface area contributed by atoms with Gasteiger partial charge in [0, 0.05) is 29.1 Å². The van der Waals surface area contributed by atoms with E-state index in [1.54, 1.807) is 6.07 Å². The number of rotatable bonds is 4. The lowest BCUT2D eigenvalue weighted by Crippen LogP contribution is -2.13. The van der Waals surface area contributed by atoms with E-state index in [-0.39, 0.29) is 5.82 Å². The Morgan fingerprint density at radius 2 is 1.81 bits per heavy atom. The Morgan fingerprint density at radius 3 is 2.67 bits per heavy atom. The molecular weight excluding hydrogens is 331 g/mol. The molecule has 1 aromatic heterocycles. The molecule has 0 bridgehead atoms. The monoisotopic (exact) mass is 344 g/mol. The van der Waals surface area contributed by atoms with E-state index in [0.717, 1.165) is 33.0 Å². The van der Waals surface area contributed by atoms with Crippen LogP contribution in [0.15, 0.2) is 59.2 Å². The Balaban J connectivity index is 1.72. The highest BCUT2D eigenvalue weighted by atomic mass is 79.9. The van der Waals surface area contributed by atoms with Crippen molar-refractivity contribution in [2.75, 3.05) is 0 Å². The topological polar surface area (TPSA) is 24.9 Å². The lowest BCUT2D eigenvalue weighted by atomic mass is 10.1. The van der Waals surface area contributed by atoms with Crippen LogP contribution in [0.4, 0.5) is 4.39 Å². The molecule has 0 fully saturated rings. The molecule has 2 nitrogen and oxygen atoms in total. The highest BCUT2D eigenvalue weighted by Crippen LogP contribution is 2.19. The first kappa shape index (κ1) is 14.2. The fourth-order valence-electron chi connectivity index (χ4n) is 2.31. The van der Waals surface area contributed by atoms with Gasteiger partial charge in [-0.15, -0.1) is 0 Å². The van der Waals surface area contributed by atoms with Gasteiger partial charge >= 0.3 is 0 Å². The number of pyridine rings is 1. The van der Waals surface area contributed by atoms with E-state index in [0.29, 0.717) is 6.54 Å². The van der Waals surface area contributed by atoms with Crippen LogP contribution >= 0.6 is 15.9 Å². The Hall–Kier alpha value is -1.78. The maximum atomic E-state index is 13.1. The molecule has 0 spiro atoms. The van der Waals surface area contributed by atoms with Crippen LogP contribution in [-0.2, 0) is 13.1 Å². The molecule has 3 aromatic rings. The van der Waals surface area contributed by atoms with Crippen LogP contribution in [0.25, 0.3) is 10.9 Å². The SMILES string of the molecule is Fc1ccc(CNCc2cccc3cccnc23)c(Br)c1. The van der Waals surface area contributed by atoms with Gasteiger partial charge in [-0.3, -0.25) is 4.98 Å². The summed E-state index contributed by atoms with van der Waals surface area (Å²) in [4.78, 5) is 4.44. The lowest BCUT2D eigenvalue weighted by Gasteiger charge is -2.09. The summed E-state index contributed by atoms with van der Waals surface area (Å²) in [5.41, 5.74) is 3.21. The Bertz CT molecular complexity index is 768. The van der Waals surface area contributed by atoms with Crippen molar-refractivity contribution in [2.45, 2.75) is 13.1 Å². The molecule has 0 saturated carbocycles. The maximum Gasteiger partial charge on any atom is 0.124 e. The summed E-state index contributed by atoms with van der Waals surface area (Å²) >= 11 is 3.38. The number of nitrogens with one attached hydrogen (secondary N) is 1. The van der Waals surface area contributed by atoms with Crippen molar-refractivity contribution in [1.29, 1.82) is 0 Å². The lowest BCUT2D eigenvalue weighted by molar-refractivity contribution is 0.623. The van der Waals surface area contributed by atoms with Gasteiger partial charge in [0.05, 0.1) is 5.52 Å². The van der Waals surface area contributed by atoms with Crippen molar-refractivity contribution < 1.29 is 4.39 Å². The average molecular weight is 345 g/mol. The molecule has 0 unspecified atom stereocenters. The quantitative estimate of drug-likeness (QED) is 0.757. The summed E-state index contributed by atoms with van der Waals surface area (Å²) < 4.78 is 13.8. The Morgan fingerprint density at radius 1 is 1.00 bits per heavy atom. The molecule has 4 heteroatoms. The van der Waals surface area contributed by atoms with Gasteiger partial charge in [-0.1, -0.05) is 46.3 Å². The molecule has 0 saturated heterocycles. The minimum Gasteiger partial charge on any atom is -0.308 e. The van der Waals surface area contributed by atoms with E-state index in [2.05, 4.69) is 44.4 Å². The van der Waals surface area contributed by atoms with E-state index in [1.807, 2.05) is 18.3 Å². The molecule has 0 atom stereocenters. The molecule has 0 radical (unpaired) electrons. The number of para-hydroxylation sites is 1. The molecule has 2 aromatic carbocycles. The molecule has 106 valence electrons. The van der Waals surface area contributed by atoms with Gasteiger partial charge in [-0.25, -0.2) is 4.39 Å². The molecule has 3 rings (SSSR count). The molecule has 1 N–H and O–H groups in total. The van der Waals surface area contributed by atoms with Crippen molar-refractivity contribution in [2.24, 2.45) is 0 Å². The smallest absolute Gasteiger partial charge is 0.124 e. The third kappa shape index (κ3) is 3.28. The highest BCUT2D eigenvalue weighted by Gasteiger charge is 2.04. The van der Waals surface area contributed by atoms with Gasteiger partial charge in [0.2, 0.25) is 0 Å². The fraction of sp³-hybridized carbons (Fsp3) is 0.118. The summed E-state index contributed by atoms with van der Waals surface area (Å²) in [7, 11) is 0. The summed E-state index contributed by atoms with van der Waals surface area (Å²) in [6.07, 6.45) is 1.81. The second-order valence-corrected chi connectivity index (χ2v) is 5.69. The van der Waals surface area contributed by atoms with E-state index >= 15 is 0 Å². The van der Waals surface area contributed by atoms with Gasteiger partial charge in [-0.2, -0.15) is 0 Å². The minimum absolute atomic E-state index is 0.233. The van der Waals surface area contributed by atoms with Gasteiger partial charge in [0.15, 0.2) is 0 Å². The van der Waals surface area contributed by atoms with Gasteiger partial charge in [0.1, 0.15) is 5.82 Å². The van der Waals surface area contributed by atoms with Gasteiger partial charge in [0.25, 0.3) is 0 Å². The molecule has 0 aliphatic heterocycles. The van der Waals surface area contributed by atoms with E-state index < -0.39 is 0 Å². The first-order chi connectivity index (χ1) is 10.2. The fourth-order valence-corrected chi connectivity index (χ4v) is 2.80. The Kier molecular flexibility index (Phi) is 4.27. The summed E-state index contributed by atoms with van der Waals surface area (Å²) in [6, 6.07) is 14.9. The summed E-state index contributed by atoms with van der Waals surface area (Å²) in [5, 5.41) is 4.52. The standard InChI is InChI=1S/C17H14BrFN2/c18-16-9-15(19)7-6-13(16)10-20-11-14-4-1-3-12-5-2-8-21-17(12)14/h1-9,20H,10-11H2. The third-order valence-corrected chi connectivity index (χ3v) is 4.10. The number of fused-ring (bicyclic) bond motifs is 1. The molecular formula is C17H14BrFN2. The van der Waals surface area contributed by atoms with E-state index in [4.69, 9.17) is 0 Å². The predicted molar refractivity (Wildman–Crippen MR) is 86.4 cm³/mol. The summed E-state index contributed by atoms with van der Waals surface area (Å²) in [6.45, 7) is 1.39. The number of hydrogen-bond donors (Lipinski definition) is 1. The van der Waals surface area contributed by atoms with Crippen molar-refractivity contribution >= 4 is 26.8 Å². The average Bonchev–Trinajstić information content (AvgIpc) is 2.50. The van der Waals surface area contributed by atoms with Crippen molar-refractivity contribution in [3.8, 4) is 0 Å². The molecule has 0 aliphatic rings. The van der Waals surface area contributed by atoms with Crippen LogP contribution in [0, 0.1) is 5.82 Å². The normalized spacial score (nSPS) is 11.0. The van der Waals surface area contributed by atoms with Crippen LogP contribution in [0.5, 0.6) is 0 Å². The van der Waals surface area contributed by atoms with Crippen LogP contribution in [0.3, 0.4) is 0 Å². The third-order valence-electron chi connectivity index (χ3n) is 3.36. The van der Waals surface area contributed by atoms with Crippen molar-refractivity contribution in [1.82, 2.24) is 10.3 Å². The Labute approximate surface area is 131 Å². The van der Waals surface area contributed by atoms with Gasteiger partial charge in [-0.05, 0) is 29.3 Å². The van der Waals surface area contributed by atoms with Crippen LogP contribution in [0.1, 0.15) is 11.1 Å². The van der Waals surface area contributed by atoms with Crippen LogP contribution < -0.4 is 5.32 Å². The zero-order valence-electron chi connectivity index (χ0n) is 11.3. The highest BCUT2D eigenvalue weighted by molar-refractivity contribution is 9.10. The number of aromatic nitrogens is 1. The van der Waals surface area contributed by atoms with Gasteiger partial charge < -0.3 is 5.32 Å².